The van der Waals surface area contributed by atoms with Crippen LogP contribution in [-0.4, -0.2) is 0 Å². The molecule has 0 spiro atoms. The fourth-order valence-electron chi connectivity index (χ4n) is 6.70. The summed E-state index contributed by atoms with van der Waals surface area (Å²) in [5, 5.41) is 2.39. The van der Waals surface area contributed by atoms with Crippen LogP contribution in [0.4, 0.5) is 26.3 Å². The lowest BCUT2D eigenvalue weighted by molar-refractivity contribution is 0.472. The minimum atomic E-state index is -0.658. The molecule has 0 bridgehead atoms. The highest BCUT2D eigenvalue weighted by Gasteiger charge is 2.26. The number of halogens is 10. The minimum Gasteiger partial charge on any atom is -0.207 e. The van der Waals surface area contributed by atoms with Gasteiger partial charge in [-0.05, 0) is 118 Å². The Morgan fingerprint density at radius 2 is 0.635 bits per heavy atom. The van der Waals surface area contributed by atoms with Crippen molar-refractivity contribution < 1.29 is 26.3 Å². The normalized spacial score (nSPS) is 11.8. The van der Waals surface area contributed by atoms with Crippen LogP contribution in [0.2, 0.25) is 20.1 Å². The summed E-state index contributed by atoms with van der Waals surface area (Å²) in [7, 11) is 0. The Morgan fingerprint density at radius 1 is 0.302 bits per heavy atom. The van der Waals surface area contributed by atoms with Gasteiger partial charge in [-0.25, -0.2) is 26.3 Å². The van der Waals surface area contributed by atoms with E-state index in [-0.39, 0.29) is 32.5 Å². The summed E-state index contributed by atoms with van der Waals surface area (Å²) in [5.41, 5.74) is 4.12. The Labute approximate surface area is 394 Å². The van der Waals surface area contributed by atoms with Gasteiger partial charge in [0.15, 0.2) is 0 Å². The molecule has 63 heavy (non-hydrogen) atoms. The molecule has 0 aromatic heterocycles. The third kappa shape index (κ3) is 17.0. The number of rotatable bonds is 0. The van der Waals surface area contributed by atoms with Crippen molar-refractivity contribution in [1.82, 2.24) is 0 Å². The second-order valence-electron chi connectivity index (χ2n) is 20.6. The molecular weight excluding hydrogens is 892 g/mol. The number of aryl methyl sites for hydroxylation is 3. The van der Waals surface area contributed by atoms with Gasteiger partial charge in [0.1, 0.15) is 34.9 Å². The van der Waals surface area contributed by atoms with Gasteiger partial charge in [0, 0.05) is 31.8 Å². The lowest BCUT2D eigenvalue weighted by atomic mass is 9.84. The Hall–Kier alpha value is -3.16. The van der Waals surface area contributed by atoms with Gasteiger partial charge in [0.25, 0.3) is 0 Å². The molecule has 0 fully saturated rings. The number of benzene rings is 5. The quantitative estimate of drug-likeness (QED) is 0.107. The average Bonchev–Trinajstić information content (AvgIpc) is 3.08. The van der Waals surface area contributed by atoms with Gasteiger partial charge < -0.3 is 0 Å². The zero-order chi connectivity index (χ0) is 49.4. The van der Waals surface area contributed by atoms with E-state index in [4.69, 9.17) is 46.4 Å². The van der Waals surface area contributed by atoms with Crippen LogP contribution in [0.3, 0.4) is 0 Å². The summed E-state index contributed by atoms with van der Waals surface area (Å²) < 4.78 is 79.6. The van der Waals surface area contributed by atoms with Crippen molar-refractivity contribution in [3.8, 4) is 0 Å². The van der Waals surface area contributed by atoms with Crippen molar-refractivity contribution in [2.45, 2.75) is 152 Å². The van der Waals surface area contributed by atoms with Crippen LogP contribution < -0.4 is 0 Å². The molecule has 0 aliphatic rings. The van der Waals surface area contributed by atoms with Crippen molar-refractivity contribution in [3.05, 3.63) is 172 Å². The monoisotopic (exact) mass is 956 g/mol. The SMILES string of the molecule is CC(C)(C)c1c(F)ccc(Cl)c1F.CC(C)(C)c1c(F)cccc1F.Cc1ccc(Cl)c(C(C)(C)C)c1Cl.Cc1ccc(F)c(C(C)(C)C)c1F.Cc1cccc(Cl)c1C(C)(C)C. The molecule has 0 saturated heterocycles. The third-order valence-electron chi connectivity index (χ3n) is 9.55. The van der Waals surface area contributed by atoms with E-state index in [1.807, 2.05) is 31.2 Å². The van der Waals surface area contributed by atoms with Crippen LogP contribution in [0, 0.1) is 55.7 Å². The summed E-state index contributed by atoms with van der Waals surface area (Å²) in [6, 6.07) is 19.0. The molecule has 0 N–H and O–H groups in total. The van der Waals surface area contributed by atoms with Crippen LogP contribution >= 0.6 is 46.4 Å². The predicted molar refractivity (Wildman–Crippen MR) is 260 cm³/mol. The second kappa shape index (κ2) is 22.8. The smallest absolute Gasteiger partial charge is 0.148 e. The van der Waals surface area contributed by atoms with E-state index in [9.17, 15) is 26.3 Å². The predicted octanol–water partition coefficient (Wildman–Crippen LogP) is 19.3. The van der Waals surface area contributed by atoms with Crippen molar-refractivity contribution >= 4 is 46.4 Å². The van der Waals surface area contributed by atoms with Gasteiger partial charge >= 0.3 is 0 Å². The molecule has 0 heterocycles. The zero-order valence-electron chi connectivity index (χ0n) is 40.2. The number of hydrogen-bond acceptors (Lipinski definition) is 0. The first-order valence-corrected chi connectivity index (χ1v) is 22.1. The van der Waals surface area contributed by atoms with E-state index < -0.39 is 51.1 Å². The van der Waals surface area contributed by atoms with Gasteiger partial charge in [0.05, 0.1) is 5.02 Å². The highest BCUT2D eigenvalue weighted by atomic mass is 35.5. The van der Waals surface area contributed by atoms with E-state index >= 15 is 0 Å². The first-order chi connectivity index (χ1) is 28.4. The van der Waals surface area contributed by atoms with E-state index in [0.29, 0.717) is 5.56 Å². The van der Waals surface area contributed by atoms with Gasteiger partial charge in [-0.1, -0.05) is 181 Å². The van der Waals surface area contributed by atoms with E-state index in [1.165, 1.54) is 53.6 Å². The summed E-state index contributed by atoms with van der Waals surface area (Å²) in [5.74, 6) is -3.03. The van der Waals surface area contributed by atoms with Crippen LogP contribution in [0.1, 0.15) is 148 Å². The second-order valence-corrected chi connectivity index (χ2v) is 22.2. The van der Waals surface area contributed by atoms with Crippen molar-refractivity contribution in [3.63, 3.8) is 0 Å². The molecule has 5 aromatic rings. The summed E-state index contributed by atoms with van der Waals surface area (Å²) in [6.07, 6.45) is 0. The van der Waals surface area contributed by atoms with E-state index in [2.05, 4.69) is 54.5 Å². The summed E-state index contributed by atoms with van der Waals surface area (Å²) in [6.45, 7) is 34.6. The maximum atomic E-state index is 13.5. The van der Waals surface area contributed by atoms with Crippen molar-refractivity contribution in [1.29, 1.82) is 0 Å². The maximum Gasteiger partial charge on any atom is 0.148 e. The standard InChI is InChI=1S/C11H14Cl2.C11H15Cl.C11H14F2.C10H11ClF2.C10H12F2/c1-7-5-6-8(12)9(10(7)13)11(2,3)4;1-8-6-5-7-9(12)10(8)11(2,3)4;1-7-5-6-8(12)9(10(7)13)11(2,3)4;1-10(2,3)8-7(12)5-4-6(11)9(8)13;1-10(2,3)9-7(11)5-4-6-8(9)12/h5-6H,1-4H3;5-7H,1-4H3;5-6H,1-4H3;4-5H,1-3H3;4-6H,1-3H3. The molecule has 0 amide bonds. The average molecular weight is 959 g/mol. The lowest BCUT2D eigenvalue weighted by Crippen LogP contribution is -2.16. The lowest BCUT2D eigenvalue weighted by Gasteiger charge is -2.23. The van der Waals surface area contributed by atoms with Crippen LogP contribution in [0.5, 0.6) is 0 Å². The van der Waals surface area contributed by atoms with E-state index in [1.54, 1.807) is 69.2 Å². The molecule has 0 saturated carbocycles. The fourth-order valence-corrected chi connectivity index (χ4v) is 8.30. The molecule has 0 atom stereocenters. The molecule has 0 unspecified atom stereocenters. The minimum absolute atomic E-state index is 0.000185. The van der Waals surface area contributed by atoms with Gasteiger partial charge in [-0.3, -0.25) is 0 Å². The summed E-state index contributed by atoms with van der Waals surface area (Å²) in [4.78, 5) is 0. The molecule has 0 radical (unpaired) electrons. The molecule has 0 aliphatic carbocycles. The van der Waals surface area contributed by atoms with Crippen LogP contribution in [-0.2, 0) is 27.1 Å². The molecule has 5 aromatic carbocycles. The van der Waals surface area contributed by atoms with Crippen LogP contribution in [0.15, 0.2) is 72.8 Å². The fraction of sp³-hybridized carbons (Fsp3) is 0.434. The molecule has 5 rings (SSSR count). The van der Waals surface area contributed by atoms with Gasteiger partial charge in [0.2, 0.25) is 0 Å². The van der Waals surface area contributed by atoms with Crippen molar-refractivity contribution in [2.75, 3.05) is 0 Å². The Bertz CT molecular complexity index is 2040. The molecule has 0 aliphatic heterocycles. The molecule has 10 heteroatoms. The zero-order valence-corrected chi connectivity index (χ0v) is 43.2. The van der Waals surface area contributed by atoms with Gasteiger partial charge in [-0.2, -0.15) is 0 Å². The van der Waals surface area contributed by atoms with Crippen LogP contribution in [0.25, 0.3) is 0 Å². The number of hydrogen-bond donors (Lipinski definition) is 0. The Kier molecular flexibility index (Phi) is 21.0. The first-order valence-electron chi connectivity index (χ1n) is 20.6. The first kappa shape index (κ1) is 57.9. The molecule has 348 valence electrons. The van der Waals surface area contributed by atoms with Gasteiger partial charge in [-0.15, -0.1) is 0 Å². The molecule has 0 nitrogen and oxygen atoms in total. The van der Waals surface area contributed by atoms with Crippen molar-refractivity contribution in [2.24, 2.45) is 0 Å². The topological polar surface area (TPSA) is 0 Å². The maximum absolute atomic E-state index is 13.5. The third-order valence-corrected chi connectivity index (χ3v) is 11.0. The molecular formula is C53H66Cl4F6. The Balaban J connectivity index is 0.000000394. The summed E-state index contributed by atoms with van der Waals surface area (Å²) >= 11 is 24.0. The highest BCUT2D eigenvalue weighted by molar-refractivity contribution is 6.36. The highest BCUT2D eigenvalue weighted by Crippen LogP contribution is 2.37. The largest absolute Gasteiger partial charge is 0.207 e. The Morgan fingerprint density at radius 3 is 0.968 bits per heavy atom. The van der Waals surface area contributed by atoms with E-state index in [0.717, 1.165) is 26.2 Å².